The van der Waals surface area contributed by atoms with Gasteiger partial charge in [-0.15, -0.1) is 0 Å². The molecule has 122 valence electrons. The zero-order valence-electron chi connectivity index (χ0n) is 13.3. The summed E-state index contributed by atoms with van der Waals surface area (Å²) in [7, 11) is 0. The van der Waals surface area contributed by atoms with Gasteiger partial charge in [0.1, 0.15) is 5.82 Å². The molecule has 1 rings (SSSR count). The Kier molecular flexibility index (Phi) is 7.02. The molecule has 0 aliphatic carbocycles. The number of hydrogen-bond donors (Lipinski definition) is 2. The normalized spacial score (nSPS) is 13.7. The van der Waals surface area contributed by atoms with Gasteiger partial charge >= 0.3 is 5.97 Å². The molecule has 0 aliphatic rings. The molecule has 2 unspecified atom stereocenters. The average Bonchev–Trinajstić information content (AvgIpc) is 2.46. The maximum atomic E-state index is 12.9. The molecule has 0 saturated heterocycles. The van der Waals surface area contributed by atoms with Gasteiger partial charge in [0.15, 0.2) is 0 Å². The van der Waals surface area contributed by atoms with Gasteiger partial charge in [-0.2, -0.15) is 0 Å². The molecule has 2 atom stereocenters. The zero-order valence-corrected chi connectivity index (χ0v) is 13.3. The van der Waals surface area contributed by atoms with Crippen LogP contribution in [0.4, 0.5) is 4.39 Å². The molecule has 0 heterocycles. The largest absolute Gasteiger partial charge is 0.481 e. The molecule has 0 bridgehead atoms. The number of aliphatic carboxylic acids is 1. The number of halogens is 1. The Bertz CT molecular complexity index is 499. The maximum absolute atomic E-state index is 12.9. The van der Waals surface area contributed by atoms with Crippen molar-refractivity contribution < 1.29 is 19.1 Å². The highest BCUT2D eigenvalue weighted by Crippen LogP contribution is 2.19. The number of nitrogens with one attached hydrogen (secondary N) is 1. The highest BCUT2D eigenvalue weighted by Gasteiger charge is 2.22. The fraction of sp³-hybridized carbons (Fsp3) is 0.529. The molecule has 1 amide bonds. The minimum atomic E-state index is -1.04. The number of carbonyl (C=O) groups is 2. The number of carboxylic acids is 1. The van der Waals surface area contributed by atoms with Crippen molar-refractivity contribution in [1.82, 2.24) is 5.32 Å². The van der Waals surface area contributed by atoms with E-state index in [0.717, 1.165) is 6.42 Å². The van der Waals surface area contributed by atoms with E-state index in [2.05, 4.69) is 19.2 Å². The first-order valence-electron chi connectivity index (χ1n) is 7.60. The van der Waals surface area contributed by atoms with Crippen molar-refractivity contribution >= 4 is 11.9 Å². The number of amides is 1. The number of benzene rings is 1. The van der Waals surface area contributed by atoms with Crippen LogP contribution < -0.4 is 5.32 Å². The van der Waals surface area contributed by atoms with Crippen LogP contribution in [0.15, 0.2) is 24.3 Å². The summed E-state index contributed by atoms with van der Waals surface area (Å²) in [5.41, 5.74) is 0.477. The summed E-state index contributed by atoms with van der Waals surface area (Å²) >= 11 is 0. The van der Waals surface area contributed by atoms with Crippen molar-refractivity contribution in [1.29, 1.82) is 0 Å². The van der Waals surface area contributed by atoms with Gasteiger partial charge in [-0.1, -0.05) is 39.3 Å². The van der Waals surface area contributed by atoms with Crippen molar-refractivity contribution in [3.05, 3.63) is 35.6 Å². The lowest BCUT2D eigenvalue weighted by atomic mass is 9.90. The van der Waals surface area contributed by atoms with E-state index in [1.165, 1.54) is 24.3 Å². The number of hydrogen-bond acceptors (Lipinski definition) is 2. The Balaban J connectivity index is 2.63. The predicted octanol–water partition coefficient (Wildman–Crippen LogP) is 3.18. The minimum absolute atomic E-state index is 0.00826. The molecular formula is C17H24FNO3. The van der Waals surface area contributed by atoms with E-state index in [4.69, 9.17) is 0 Å². The molecule has 1 aromatic carbocycles. The van der Waals surface area contributed by atoms with Crippen LogP contribution in [0.2, 0.25) is 0 Å². The van der Waals surface area contributed by atoms with E-state index >= 15 is 0 Å². The van der Waals surface area contributed by atoms with Crippen LogP contribution in [0.1, 0.15) is 45.1 Å². The van der Waals surface area contributed by atoms with Gasteiger partial charge in [-0.05, 0) is 29.5 Å². The van der Waals surface area contributed by atoms with Crippen LogP contribution in [0.5, 0.6) is 0 Å². The third kappa shape index (κ3) is 5.47. The van der Waals surface area contributed by atoms with Gasteiger partial charge < -0.3 is 10.4 Å². The molecule has 1 aromatic rings. The number of carbonyl (C=O) groups excluding carboxylic acids is 1. The highest BCUT2D eigenvalue weighted by molar-refractivity contribution is 5.79. The smallest absolute Gasteiger partial charge is 0.312 e. The lowest BCUT2D eigenvalue weighted by molar-refractivity contribution is -0.138. The van der Waals surface area contributed by atoms with Crippen molar-refractivity contribution in [2.45, 2.75) is 39.5 Å². The van der Waals surface area contributed by atoms with Crippen LogP contribution in [0.3, 0.4) is 0 Å². The van der Waals surface area contributed by atoms with Crippen LogP contribution in [0, 0.1) is 17.7 Å². The van der Waals surface area contributed by atoms with Gasteiger partial charge in [0.05, 0.1) is 5.92 Å². The summed E-state index contributed by atoms with van der Waals surface area (Å²) in [6.45, 7) is 6.19. The second kappa shape index (κ2) is 8.51. The SMILES string of the molecule is CCC(CC(=O)NCC(C(=O)O)c1ccc(F)cc1)C(C)C. The second-order valence-electron chi connectivity index (χ2n) is 5.86. The highest BCUT2D eigenvalue weighted by atomic mass is 19.1. The first kappa shape index (κ1) is 18.1. The third-order valence-electron chi connectivity index (χ3n) is 3.99. The van der Waals surface area contributed by atoms with Crippen molar-refractivity contribution in [2.24, 2.45) is 11.8 Å². The average molecular weight is 309 g/mol. The first-order valence-corrected chi connectivity index (χ1v) is 7.60. The topological polar surface area (TPSA) is 66.4 Å². The standard InChI is InChI=1S/C17H24FNO3/c1-4-12(11(2)3)9-16(20)19-10-15(17(21)22)13-5-7-14(18)8-6-13/h5-8,11-12,15H,4,9-10H2,1-3H3,(H,19,20)(H,21,22). The van der Waals surface area contributed by atoms with E-state index in [0.29, 0.717) is 17.9 Å². The molecule has 0 saturated carbocycles. The molecule has 0 aromatic heterocycles. The molecule has 22 heavy (non-hydrogen) atoms. The van der Waals surface area contributed by atoms with Crippen LogP contribution in [-0.4, -0.2) is 23.5 Å². The summed E-state index contributed by atoms with van der Waals surface area (Å²) < 4.78 is 12.9. The van der Waals surface area contributed by atoms with E-state index in [1.54, 1.807) is 0 Å². The molecular weight excluding hydrogens is 285 g/mol. The maximum Gasteiger partial charge on any atom is 0.312 e. The lowest BCUT2D eigenvalue weighted by Gasteiger charge is -2.19. The molecule has 0 aliphatic heterocycles. The Morgan fingerprint density at radius 1 is 1.23 bits per heavy atom. The summed E-state index contributed by atoms with van der Waals surface area (Å²) in [5, 5.41) is 12.0. The fourth-order valence-corrected chi connectivity index (χ4v) is 2.42. The van der Waals surface area contributed by atoms with E-state index < -0.39 is 17.7 Å². The number of rotatable bonds is 8. The van der Waals surface area contributed by atoms with Gasteiger partial charge in [-0.25, -0.2) is 4.39 Å². The van der Waals surface area contributed by atoms with Crippen molar-refractivity contribution in [2.75, 3.05) is 6.54 Å². The quantitative estimate of drug-likeness (QED) is 0.775. The summed E-state index contributed by atoms with van der Waals surface area (Å²) in [5.74, 6) is -1.78. The lowest BCUT2D eigenvalue weighted by Crippen LogP contribution is -2.33. The van der Waals surface area contributed by atoms with Crippen LogP contribution in [0.25, 0.3) is 0 Å². The molecule has 0 fully saturated rings. The third-order valence-corrected chi connectivity index (χ3v) is 3.99. The van der Waals surface area contributed by atoms with Gasteiger partial charge in [0, 0.05) is 13.0 Å². The van der Waals surface area contributed by atoms with Crippen LogP contribution in [-0.2, 0) is 9.59 Å². The fourth-order valence-electron chi connectivity index (χ4n) is 2.42. The molecule has 4 nitrogen and oxygen atoms in total. The molecule has 0 spiro atoms. The van der Waals surface area contributed by atoms with Crippen molar-refractivity contribution in [3.8, 4) is 0 Å². The van der Waals surface area contributed by atoms with E-state index in [-0.39, 0.29) is 18.4 Å². The summed E-state index contributed by atoms with van der Waals surface area (Å²) in [6, 6.07) is 5.31. The minimum Gasteiger partial charge on any atom is -0.481 e. The van der Waals surface area contributed by atoms with E-state index in [9.17, 15) is 19.1 Å². The zero-order chi connectivity index (χ0) is 16.7. The summed E-state index contributed by atoms with van der Waals surface area (Å²) in [6.07, 6.45) is 1.30. The Morgan fingerprint density at radius 3 is 2.27 bits per heavy atom. The monoisotopic (exact) mass is 309 g/mol. The Morgan fingerprint density at radius 2 is 1.82 bits per heavy atom. The van der Waals surface area contributed by atoms with E-state index in [1.807, 2.05) is 6.92 Å². The van der Waals surface area contributed by atoms with Gasteiger partial charge in [0.2, 0.25) is 5.91 Å². The van der Waals surface area contributed by atoms with Gasteiger partial charge in [0.25, 0.3) is 0 Å². The summed E-state index contributed by atoms with van der Waals surface area (Å²) in [4.78, 5) is 23.3. The Hall–Kier alpha value is -1.91. The molecule has 0 radical (unpaired) electrons. The first-order chi connectivity index (χ1) is 10.3. The van der Waals surface area contributed by atoms with Gasteiger partial charge in [-0.3, -0.25) is 9.59 Å². The Labute approximate surface area is 130 Å². The molecule has 5 heteroatoms. The van der Waals surface area contributed by atoms with Crippen LogP contribution >= 0.6 is 0 Å². The number of carboxylic acid groups (broad SMARTS) is 1. The predicted molar refractivity (Wildman–Crippen MR) is 83.0 cm³/mol. The van der Waals surface area contributed by atoms with Crippen molar-refractivity contribution in [3.63, 3.8) is 0 Å². The molecule has 2 N–H and O–H groups in total. The second-order valence-corrected chi connectivity index (χ2v) is 5.86.